The van der Waals surface area contributed by atoms with E-state index in [0.29, 0.717) is 18.2 Å². The second kappa shape index (κ2) is 5.39. The van der Waals surface area contributed by atoms with Gasteiger partial charge in [-0.05, 0) is 57.0 Å². The van der Waals surface area contributed by atoms with Gasteiger partial charge in [-0.2, -0.15) is 0 Å². The molecule has 2 unspecified atom stereocenters. The van der Waals surface area contributed by atoms with Crippen molar-refractivity contribution < 1.29 is 9.84 Å². The van der Waals surface area contributed by atoms with Crippen molar-refractivity contribution in [1.29, 1.82) is 0 Å². The predicted octanol–water partition coefficient (Wildman–Crippen LogP) is 1.97. The molecule has 0 saturated carbocycles. The van der Waals surface area contributed by atoms with Gasteiger partial charge in [-0.25, -0.2) is 0 Å². The van der Waals surface area contributed by atoms with Crippen LogP contribution in [-0.2, 0) is 0 Å². The third-order valence-corrected chi connectivity index (χ3v) is 4.39. The minimum Gasteiger partial charge on any atom is -0.507 e. The molecule has 3 N–H and O–H groups in total. The summed E-state index contributed by atoms with van der Waals surface area (Å²) in [6, 6.07) is 2.19. The topological polar surface area (TPSA) is 58.7 Å². The fourth-order valence-electron chi connectivity index (χ4n) is 3.00. The number of nitrogens with zero attached hydrogens (tertiary/aromatic N) is 1. The zero-order valence-electron chi connectivity index (χ0n) is 12.2. The van der Waals surface area contributed by atoms with E-state index in [1.165, 1.54) is 0 Å². The number of phenolic OH excluding ortho intramolecular Hbond substituents is 1. The van der Waals surface area contributed by atoms with Crippen LogP contribution >= 0.6 is 0 Å². The lowest BCUT2D eigenvalue weighted by Gasteiger charge is -2.23. The number of ether oxygens (including phenoxy) is 1. The quantitative estimate of drug-likeness (QED) is 0.876. The molecule has 0 bridgehead atoms. The first-order valence-corrected chi connectivity index (χ1v) is 6.76. The van der Waals surface area contributed by atoms with E-state index in [1.807, 2.05) is 19.9 Å². The van der Waals surface area contributed by atoms with E-state index in [4.69, 9.17) is 10.5 Å². The Labute approximate surface area is 115 Å². The SMILES string of the molecule is COc1cc(C2CC(CN)CN2C)c(O)c(C)c1C. The number of benzene rings is 1. The highest BCUT2D eigenvalue weighted by Crippen LogP contribution is 2.42. The molecule has 19 heavy (non-hydrogen) atoms. The number of phenols is 1. The average molecular weight is 264 g/mol. The van der Waals surface area contributed by atoms with E-state index in [-0.39, 0.29) is 6.04 Å². The van der Waals surface area contributed by atoms with Crippen molar-refractivity contribution in [2.24, 2.45) is 11.7 Å². The molecule has 2 atom stereocenters. The normalized spacial score (nSPS) is 23.8. The van der Waals surface area contributed by atoms with Gasteiger partial charge in [0.05, 0.1) is 7.11 Å². The van der Waals surface area contributed by atoms with Gasteiger partial charge in [0.25, 0.3) is 0 Å². The molecule has 1 aliphatic heterocycles. The van der Waals surface area contributed by atoms with Crippen molar-refractivity contribution in [3.05, 3.63) is 22.8 Å². The summed E-state index contributed by atoms with van der Waals surface area (Å²) < 4.78 is 5.42. The van der Waals surface area contributed by atoms with E-state index in [1.54, 1.807) is 7.11 Å². The number of aromatic hydroxyl groups is 1. The fraction of sp³-hybridized carbons (Fsp3) is 0.600. The van der Waals surface area contributed by atoms with Gasteiger partial charge in [0.15, 0.2) is 0 Å². The first kappa shape index (κ1) is 14.2. The van der Waals surface area contributed by atoms with Crippen LogP contribution in [-0.4, -0.2) is 37.3 Å². The van der Waals surface area contributed by atoms with Crippen LogP contribution in [0.5, 0.6) is 11.5 Å². The largest absolute Gasteiger partial charge is 0.507 e. The van der Waals surface area contributed by atoms with Gasteiger partial charge in [0, 0.05) is 18.2 Å². The van der Waals surface area contributed by atoms with Crippen molar-refractivity contribution in [3.63, 3.8) is 0 Å². The summed E-state index contributed by atoms with van der Waals surface area (Å²) in [6.45, 7) is 5.59. The molecule has 0 aliphatic carbocycles. The second-order valence-electron chi connectivity index (χ2n) is 5.56. The van der Waals surface area contributed by atoms with E-state index in [2.05, 4.69) is 11.9 Å². The molecule has 0 spiro atoms. The highest BCUT2D eigenvalue weighted by Gasteiger charge is 2.32. The van der Waals surface area contributed by atoms with Crippen molar-refractivity contribution >= 4 is 0 Å². The molecule has 0 aromatic heterocycles. The molecule has 2 rings (SSSR count). The van der Waals surface area contributed by atoms with Crippen LogP contribution in [0.25, 0.3) is 0 Å². The van der Waals surface area contributed by atoms with Crippen LogP contribution in [0.1, 0.15) is 29.2 Å². The maximum absolute atomic E-state index is 10.4. The summed E-state index contributed by atoms with van der Waals surface area (Å²) in [4.78, 5) is 2.26. The maximum Gasteiger partial charge on any atom is 0.123 e. The van der Waals surface area contributed by atoms with Crippen LogP contribution in [0, 0.1) is 19.8 Å². The number of nitrogens with two attached hydrogens (primary N) is 1. The summed E-state index contributed by atoms with van der Waals surface area (Å²) in [5.41, 5.74) is 8.63. The third-order valence-electron chi connectivity index (χ3n) is 4.39. The molecule has 1 heterocycles. The number of likely N-dealkylation sites (tertiary alicyclic amines) is 1. The lowest BCUT2D eigenvalue weighted by molar-refractivity contribution is 0.303. The van der Waals surface area contributed by atoms with E-state index < -0.39 is 0 Å². The first-order valence-electron chi connectivity index (χ1n) is 6.76. The smallest absolute Gasteiger partial charge is 0.123 e. The molecule has 1 aromatic rings. The lowest BCUT2D eigenvalue weighted by atomic mass is 9.95. The van der Waals surface area contributed by atoms with Gasteiger partial charge in [0.2, 0.25) is 0 Å². The molecule has 1 fully saturated rings. The first-order chi connectivity index (χ1) is 8.99. The van der Waals surface area contributed by atoms with Crippen LogP contribution < -0.4 is 10.5 Å². The number of rotatable bonds is 3. The summed E-state index contributed by atoms with van der Waals surface area (Å²) in [5.74, 6) is 1.74. The van der Waals surface area contributed by atoms with Crippen LogP contribution in [0.15, 0.2) is 6.07 Å². The maximum atomic E-state index is 10.4. The molecule has 4 nitrogen and oxygen atoms in total. The third kappa shape index (κ3) is 2.42. The van der Waals surface area contributed by atoms with Crippen molar-refractivity contribution in [2.45, 2.75) is 26.3 Å². The standard InChI is InChI=1S/C15H24N2O2/c1-9-10(2)15(18)12(6-14(9)19-4)13-5-11(7-16)8-17(13)3/h6,11,13,18H,5,7-8,16H2,1-4H3. The number of hydrogen-bond acceptors (Lipinski definition) is 4. The second-order valence-corrected chi connectivity index (χ2v) is 5.56. The van der Waals surface area contributed by atoms with Gasteiger partial charge in [-0.15, -0.1) is 0 Å². The summed E-state index contributed by atoms with van der Waals surface area (Å²) >= 11 is 0. The van der Waals surface area contributed by atoms with Crippen LogP contribution in [0.4, 0.5) is 0 Å². The number of methoxy groups -OCH3 is 1. The molecule has 0 radical (unpaired) electrons. The van der Waals surface area contributed by atoms with Crippen LogP contribution in [0.3, 0.4) is 0 Å². The van der Waals surface area contributed by atoms with Gasteiger partial charge in [-0.3, -0.25) is 4.90 Å². The Morgan fingerprint density at radius 2 is 2.11 bits per heavy atom. The fourth-order valence-corrected chi connectivity index (χ4v) is 3.00. The van der Waals surface area contributed by atoms with E-state index in [9.17, 15) is 5.11 Å². The van der Waals surface area contributed by atoms with Gasteiger partial charge in [0.1, 0.15) is 11.5 Å². The van der Waals surface area contributed by atoms with E-state index >= 15 is 0 Å². The molecular formula is C15H24N2O2. The Hall–Kier alpha value is -1.26. The summed E-state index contributed by atoms with van der Waals surface area (Å²) in [5, 5.41) is 10.4. The van der Waals surface area contributed by atoms with Crippen molar-refractivity contribution in [3.8, 4) is 11.5 Å². The zero-order chi connectivity index (χ0) is 14.2. The van der Waals surface area contributed by atoms with Gasteiger partial charge >= 0.3 is 0 Å². The molecule has 4 heteroatoms. The highest BCUT2D eigenvalue weighted by atomic mass is 16.5. The Bertz CT molecular complexity index is 474. The molecule has 1 aromatic carbocycles. The molecule has 106 valence electrons. The minimum atomic E-state index is 0.224. The van der Waals surface area contributed by atoms with Crippen LogP contribution in [0.2, 0.25) is 0 Å². The van der Waals surface area contributed by atoms with E-state index in [0.717, 1.165) is 35.4 Å². The predicted molar refractivity (Wildman–Crippen MR) is 76.7 cm³/mol. The van der Waals surface area contributed by atoms with Crippen molar-refractivity contribution in [2.75, 3.05) is 27.2 Å². The molecule has 1 saturated heterocycles. The highest BCUT2D eigenvalue weighted by molar-refractivity contribution is 5.53. The lowest BCUT2D eigenvalue weighted by Crippen LogP contribution is -2.20. The molecule has 1 aliphatic rings. The Balaban J connectivity index is 2.42. The Morgan fingerprint density at radius 3 is 2.63 bits per heavy atom. The molecular weight excluding hydrogens is 240 g/mol. The average Bonchev–Trinajstić information content (AvgIpc) is 2.78. The Kier molecular flexibility index (Phi) is 4.02. The van der Waals surface area contributed by atoms with Crippen molar-refractivity contribution in [1.82, 2.24) is 4.90 Å². The monoisotopic (exact) mass is 264 g/mol. The zero-order valence-corrected chi connectivity index (χ0v) is 12.2. The minimum absolute atomic E-state index is 0.224. The van der Waals surface area contributed by atoms with Gasteiger partial charge < -0.3 is 15.6 Å². The molecule has 0 amide bonds. The van der Waals surface area contributed by atoms with Gasteiger partial charge in [-0.1, -0.05) is 0 Å². The summed E-state index contributed by atoms with van der Waals surface area (Å²) in [6.07, 6.45) is 0.992. The summed E-state index contributed by atoms with van der Waals surface area (Å²) in [7, 11) is 3.76. The number of hydrogen-bond donors (Lipinski definition) is 2. The Morgan fingerprint density at radius 1 is 1.42 bits per heavy atom.